The molecule has 1 aliphatic heterocycles. The molecule has 2 aromatic carbocycles. The Labute approximate surface area is 188 Å². The maximum absolute atomic E-state index is 12.4. The van der Waals surface area contributed by atoms with Gasteiger partial charge in [-0.25, -0.2) is 0 Å². The molecule has 0 saturated carbocycles. The van der Waals surface area contributed by atoms with E-state index < -0.39 is 0 Å². The lowest BCUT2D eigenvalue weighted by atomic mass is 10.1. The van der Waals surface area contributed by atoms with E-state index >= 15 is 0 Å². The van der Waals surface area contributed by atoms with Gasteiger partial charge in [-0.1, -0.05) is 29.8 Å². The van der Waals surface area contributed by atoms with E-state index in [1.807, 2.05) is 55.5 Å². The molecule has 0 aliphatic carbocycles. The number of nitrogens with one attached hydrogen (secondary N) is 3. The number of hydrogen-bond acceptors (Lipinski definition) is 5. The minimum Gasteiger partial charge on any atom is -0.379 e. The SMILES string of the molecule is Cc1ccc(C(=O)Nc2cccc(/C=N\NC(=S)NCCCN3CCOCC3)c2)cc1. The number of hydrogen-bond donors (Lipinski definition) is 3. The number of benzene rings is 2. The lowest BCUT2D eigenvalue weighted by Crippen LogP contribution is -2.39. The quantitative estimate of drug-likeness (QED) is 0.254. The van der Waals surface area contributed by atoms with E-state index in [9.17, 15) is 4.79 Å². The monoisotopic (exact) mass is 439 g/mol. The van der Waals surface area contributed by atoms with Crippen molar-refractivity contribution in [3.05, 3.63) is 65.2 Å². The van der Waals surface area contributed by atoms with Crippen LogP contribution < -0.4 is 16.1 Å². The van der Waals surface area contributed by atoms with Crippen LogP contribution >= 0.6 is 12.2 Å². The van der Waals surface area contributed by atoms with E-state index in [0.717, 1.165) is 56.9 Å². The number of thiocarbonyl (C=S) groups is 1. The molecule has 0 unspecified atom stereocenters. The third kappa shape index (κ3) is 8.09. The zero-order valence-corrected chi connectivity index (χ0v) is 18.6. The van der Waals surface area contributed by atoms with Crippen LogP contribution in [-0.4, -0.2) is 61.5 Å². The van der Waals surface area contributed by atoms with E-state index in [1.54, 1.807) is 6.21 Å². The highest BCUT2D eigenvalue weighted by molar-refractivity contribution is 7.80. The number of carbonyl (C=O) groups excluding carboxylic acids is 1. The maximum atomic E-state index is 12.4. The summed E-state index contributed by atoms with van der Waals surface area (Å²) >= 11 is 5.26. The fourth-order valence-electron chi connectivity index (χ4n) is 3.14. The molecule has 1 heterocycles. The van der Waals surface area contributed by atoms with Gasteiger partial charge in [-0.2, -0.15) is 5.10 Å². The third-order valence-electron chi connectivity index (χ3n) is 4.88. The average Bonchev–Trinajstić information content (AvgIpc) is 2.78. The highest BCUT2D eigenvalue weighted by Crippen LogP contribution is 2.12. The molecule has 0 aromatic heterocycles. The number of amides is 1. The molecule has 0 bridgehead atoms. The van der Waals surface area contributed by atoms with Crippen LogP contribution in [0.25, 0.3) is 0 Å². The van der Waals surface area contributed by atoms with Gasteiger partial charge in [-0.15, -0.1) is 0 Å². The highest BCUT2D eigenvalue weighted by atomic mass is 32.1. The predicted molar refractivity (Wildman–Crippen MR) is 129 cm³/mol. The van der Waals surface area contributed by atoms with Crippen LogP contribution in [0.15, 0.2) is 53.6 Å². The minimum absolute atomic E-state index is 0.144. The number of carbonyl (C=O) groups is 1. The first-order valence-corrected chi connectivity index (χ1v) is 10.9. The molecule has 0 radical (unpaired) electrons. The predicted octanol–water partition coefficient (Wildman–Crippen LogP) is 2.77. The molecule has 0 atom stereocenters. The number of morpholine rings is 1. The Hall–Kier alpha value is -2.81. The van der Waals surface area contributed by atoms with Crippen molar-refractivity contribution in [2.45, 2.75) is 13.3 Å². The van der Waals surface area contributed by atoms with Gasteiger partial charge < -0.3 is 15.4 Å². The molecule has 1 saturated heterocycles. The summed E-state index contributed by atoms with van der Waals surface area (Å²) < 4.78 is 5.35. The Balaban J connectivity index is 1.39. The van der Waals surface area contributed by atoms with Crippen LogP contribution in [0.1, 0.15) is 27.9 Å². The number of ether oxygens (including phenoxy) is 1. The molecule has 31 heavy (non-hydrogen) atoms. The van der Waals surface area contributed by atoms with Crippen molar-refractivity contribution in [2.75, 3.05) is 44.7 Å². The molecule has 8 heteroatoms. The van der Waals surface area contributed by atoms with Crippen molar-refractivity contribution in [1.29, 1.82) is 0 Å². The summed E-state index contributed by atoms with van der Waals surface area (Å²) in [5, 5.41) is 10.7. The molecule has 2 aromatic rings. The van der Waals surface area contributed by atoms with Crippen molar-refractivity contribution in [1.82, 2.24) is 15.6 Å². The normalized spacial score (nSPS) is 14.4. The van der Waals surface area contributed by atoms with E-state index in [4.69, 9.17) is 17.0 Å². The second-order valence-corrected chi connectivity index (χ2v) is 7.79. The van der Waals surface area contributed by atoms with Crippen molar-refractivity contribution in [3.8, 4) is 0 Å². The Bertz CT molecular complexity index is 895. The molecule has 3 N–H and O–H groups in total. The van der Waals surface area contributed by atoms with Crippen molar-refractivity contribution >= 4 is 35.1 Å². The van der Waals surface area contributed by atoms with Crippen LogP contribution in [0, 0.1) is 6.92 Å². The first kappa shape index (κ1) is 22.9. The van der Waals surface area contributed by atoms with Gasteiger partial charge in [0.15, 0.2) is 5.11 Å². The van der Waals surface area contributed by atoms with Gasteiger partial charge in [0.2, 0.25) is 0 Å². The number of anilines is 1. The highest BCUT2D eigenvalue weighted by Gasteiger charge is 2.09. The largest absolute Gasteiger partial charge is 0.379 e. The summed E-state index contributed by atoms with van der Waals surface area (Å²) in [4.78, 5) is 14.8. The molecular formula is C23H29N5O2S. The number of rotatable bonds is 8. The van der Waals surface area contributed by atoms with Gasteiger partial charge >= 0.3 is 0 Å². The van der Waals surface area contributed by atoms with Crippen LogP contribution in [0.4, 0.5) is 5.69 Å². The Morgan fingerprint density at radius 1 is 1.19 bits per heavy atom. The van der Waals surface area contributed by atoms with Crippen LogP contribution in [-0.2, 0) is 4.74 Å². The number of nitrogens with zero attached hydrogens (tertiary/aromatic N) is 2. The third-order valence-corrected chi connectivity index (χ3v) is 5.11. The van der Waals surface area contributed by atoms with Crippen LogP contribution in [0.3, 0.4) is 0 Å². The van der Waals surface area contributed by atoms with Gasteiger partial charge in [0.1, 0.15) is 0 Å². The summed E-state index contributed by atoms with van der Waals surface area (Å²) in [5.74, 6) is -0.144. The van der Waals surface area contributed by atoms with Gasteiger partial charge in [0.25, 0.3) is 5.91 Å². The molecule has 164 valence electrons. The average molecular weight is 440 g/mol. The van der Waals surface area contributed by atoms with Gasteiger partial charge in [-0.05, 0) is 61.9 Å². The number of aryl methyl sites for hydroxylation is 1. The molecule has 1 aliphatic rings. The number of hydrazone groups is 1. The van der Waals surface area contributed by atoms with Crippen LogP contribution in [0.2, 0.25) is 0 Å². The second kappa shape index (κ2) is 12.1. The zero-order valence-electron chi connectivity index (χ0n) is 17.8. The van der Waals surface area contributed by atoms with E-state index in [1.165, 1.54) is 0 Å². The Kier molecular flexibility index (Phi) is 8.96. The lowest BCUT2D eigenvalue weighted by Gasteiger charge is -2.26. The minimum atomic E-state index is -0.144. The molecule has 3 rings (SSSR count). The maximum Gasteiger partial charge on any atom is 0.255 e. The van der Waals surface area contributed by atoms with E-state index in [2.05, 4.69) is 26.1 Å². The van der Waals surface area contributed by atoms with E-state index in [-0.39, 0.29) is 5.91 Å². The topological polar surface area (TPSA) is 78.0 Å². The van der Waals surface area contributed by atoms with Crippen molar-refractivity contribution < 1.29 is 9.53 Å². The van der Waals surface area contributed by atoms with Gasteiger partial charge in [0, 0.05) is 30.9 Å². The Morgan fingerprint density at radius 2 is 1.97 bits per heavy atom. The summed E-state index contributed by atoms with van der Waals surface area (Å²) in [6.45, 7) is 7.45. The summed E-state index contributed by atoms with van der Waals surface area (Å²) in [6.07, 6.45) is 2.68. The van der Waals surface area contributed by atoms with Gasteiger partial charge in [0.05, 0.1) is 19.4 Å². The van der Waals surface area contributed by atoms with Gasteiger partial charge in [-0.3, -0.25) is 15.1 Å². The van der Waals surface area contributed by atoms with Crippen LogP contribution in [0.5, 0.6) is 0 Å². The molecule has 1 amide bonds. The summed E-state index contributed by atoms with van der Waals surface area (Å²) in [5.41, 5.74) is 6.13. The fourth-order valence-corrected chi connectivity index (χ4v) is 3.29. The molecular weight excluding hydrogens is 410 g/mol. The van der Waals surface area contributed by atoms with E-state index in [0.29, 0.717) is 16.4 Å². The second-order valence-electron chi connectivity index (χ2n) is 7.38. The zero-order chi connectivity index (χ0) is 21.9. The lowest BCUT2D eigenvalue weighted by molar-refractivity contribution is 0.0376. The first-order valence-electron chi connectivity index (χ1n) is 10.5. The fraction of sp³-hybridized carbons (Fsp3) is 0.348. The molecule has 0 spiro atoms. The van der Waals surface area contributed by atoms with Crippen molar-refractivity contribution in [3.63, 3.8) is 0 Å². The molecule has 1 fully saturated rings. The standard InChI is InChI=1S/C23H29N5O2S/c1-18-6-8-20(9-7-18)22(29)26-21-5-2-4-19(16-21)17-25-27-23(31)24-10-3-11-28-12-14-30-15-13-28/h2,4-9,16-17H,3,10-15H2,1H3,(H,26,29)(H2,24,27,31)/b25-17-. The van der Waals surface area contributed by atoms with Crippen molar-refractivity contribution in [2.24, 2.45) is 5.10 Å². The molecule has 7 nitrogen and oxygen atoms in total. The summed E-state index contributed by atoms with van der Waals surface area (Å²) in [7, 11) is 0. The first-order chi connectivity index (χ1) is 15.1. The smallest absolute Gasteiger partial charge is 0.255 e. The Morgan fingerprint density at radius 3 is 2.74 bits per heavy atom. The summed E-state index contributed by atoms with van der Waals surface area (Å²) in [6, 6.07) is 14.9.